The molecule has 0 aliphatic rings. The number of hydrogen-bond acceptors (Lipinski definition) is 5. The summed E-state index contributed by atoms with van der Waals surface area (Å²) >= 11 is 0. The number of ether oxygens (including phenoxy) is 4. The SMILES string of the molecule is C=CCOc1ccc(C(=O)OCCOc2ccc(-c3ccc(OC)cc3)cc2)cc1. The highest BCUT2D eigenvalue weighted by Crippen LogP contribution is 2.24. The number of methoxy groups -OCH3 is 1. The van der Waals surface area contributed by atoms with E-state index in [2.05, 4.69) is 6.58 Å². The van der Waals surface area contributed by atoms with Crippen molar-refractivity contribution >= 4 is 5.97 Å². The summed E-state index contributed by atoms with van der Waals surface area (Å²) in [5.74, 6) is 1.81. The first-order valence-corrected chi connectivity index (χ1v) is 9.58. The van der Waals surface area contributed by atoms with Crippen molar-refractivity contribution in [3.63, 3.8) is 0 Å². The lowest BCUT2D eigenvalue weighted by Gasteiger charge is -2.09. The van der Waals surface area contributed by atoms with Crippen LogP contribution in [0.5, 0.6) is 17.2 Å². The topological polar surface area (TPSA) is 54.0 Å². The van der Waals surface area contributed by atoms with Gasteiger partial charge in [0, 0.05) is 0 Å². The summed E-state index contributed by atoms with van der Waals surface area (Å²) in [6, 6.07) is 22.4. The molecule has 0 heterocycles. The van der Waals surface area contributed by atoms with Gasteiger partial charge >= 0.3 is 5.97 Å². The van der Waals surface area contributed by atoms with Crippen LogP contribution in [0.3, 0.4) is 0 Å². The van der Waals surface area contributed by atoms with Crippen LogP contribution in [-0.4, -0.2) is 32.9 Å². The molecule has 0 bridgehead atoms. The van der Waals surface area contributed by atoms with Crippen molar-refractivity contribution in [2.75, 3.05) is 26.9 Å². The van der Waals surface area contributed by atoms with E-state index in [9.17, 15) is 4.79 Å². The standard InChI is InChI=1S/C25H24O5/c1-3-16-28-23-14-8-21(9-15-23)25(26)30-18-17-29-24-12-6-20(7-13-24)19-4-10-22(27-2)11-5-19/h3-15H,1,16-18H2,2H3. The second-order valence-corrected chi connectivity index (χ2v) is 6.36. The molecule has 0 spiro atoms. The van der Waals surface area contributed by atoms with Crippen LogP contribution < -0.4 is 14.2 Å². The molecule has 0 saturated heterocycles. The molecular weight excluding hydrogens is 380 g/mol. The van der Waals surface area contributed by atoms with Gasteiger partial charge in [-0.1, -0.05) is 36.9 Å². The minimum Gasteiger partial charge on any atom is -0.497 e. The first-order chi connectivity index (χ1) is 14.7. The van der Waals surface area contributed by atoms with Gasteiger partial charge in [-0.2, -0.15) is 0 Å². The third-order valence-corrected chi connectivity index (χ3v) is 4.32. The zero-order valence-corrected chi connectivity index (χ0v) is 16.9. The third kappa shape index (κ3) is 5.88. The lowest BCUT2D eigenvalue weighted by molar-refractivity contribution is 0.0450. The molecule has 0 unspecified atom stereocenters. The molecule has 0 radical (unpaired) electrons. The van der Waals surface area contributed by atoms with Crippen molar-refractivity contribution in [3.8, 4) is 28.4 Å². The Morgan fingerprint density at radius 2 is 1.30 bits per heavy atom. The van der Waals surface area contributed by atoms with Crippen LogP contribution in [0.4, 0.5) is 0 Å². The minimum absolute atomic E-state index is 0.160. The predicted molar refractivity (Wildman–Crippen MR) is 116 cm³/mol. The smallest absolute Gasteiger partial charge is 0.338 e. The van der Waals surface area contributed by atoms with E-state index in [1.807, 2.05) is 48.5 Å². The summed E-state index contributed by atoms with van der Waals surface area (Å²) < 4.78 is 21.5. The molecule has 0 amide bonds. The monoisotopic (exact) mass is 404 g/mol. The zero-order valence-electron chi connectivity index (χ0n) is 16.9. The van der Waals surface area contributed by atoms with Gasteiger partial charge in [0.2, 0.25) is 0 Å². The second kappa shape index (κ2) is 10.7. The number of carbonyl (C=O) groups excluding carboxylic acids is 1. The highest BCUT2D eigenvalue weighted by Gasteiger charge is 2.07. The number of carbonyl (C=O) groups is 1. The highest BCUT2D eigenvalue weighted by atomic mass is 16.6. The Morgan fingerprint density at radius 1 is 0.767 bits per heavy atom. The Morgan fingerprint density at radius 3 is 1.87 bits per heavy atom. The van der Waals surface area contributed by atoms with Crippen LogP contribution in [-0.2, 0) is 4.74 Å². The fourth-order valence-electron chi connectivity index (χ4n) is 2.75. The summed E-state index contributed by atoms with van der Waals surface area (Å²) in [7, 11) is 1.65. The van der Waals surface area contributed by atoms with Gasteiger partial charge in [-0.05, 0) is 59.7 Å². The molecule has 3 aromatic carbocycles. The molecule has 0 aromatic heterocycles. The number of benzene rings is 3. The van der Waals surface area contributed by atoms with Crippen molar-refractivity contribution < 1.29 is 23.7 Å². The fourth-order valence-corrected chi connectivity index (χ4v) is 2.75. The van der Waals surface area contributed by atoms with E-state index in [-0.39, 0.29) is 13.2 Å². The quantitative estimate of drug-likeness (QED) is 0.265. The van der Waals surface area contributed by atoms with E-state index in [1.165, 1.54) is 0 Å². The summed E-state index contributed by atoms with van der Waals surface area (Å²) in [5, 5.41) is 0. The van der Waals surface area contributed by atoms with Gasteiger partial charge in [0.05, 0.1) is 12.7 Å². The van der Waals surface area contributed by atoms with E-state index in [1.54, 1.807) is 37.5 Å². The Bertz CT molecular complexity index is 944. The summed E-state index contributed by atoms with van der Waals surface area (Å²) in [6.07, 6.45) is 1.66. The molecule has 5 heteroatoms. The Balaban J connectivity index is 1.43. The first kappa shape index (κ1) is 21.0. The predicted octanol–water partition coefficient (Wildman–Crippen LogP) is 5.16. The Hall–Kier alpha value is -3.73. The Kier molecular flexibility index (Phi) is 7.50. The van der Waals surface area contributed by atoms with Crippen molar-refractivity contribution in [2.45, 2.75) is 0 Å². The van der Waals surface area contributed by atoms with Gasteiger partial charge in [-0.25, -0.2) is 4.79 Å². The molecule has 154 valence electrons. The maximum Gasteiger partial charge on any atom is 0.338 e. The summed E-state index contributed by atoms with van der Waals surface area (Å²) in [5.41, 5.74) is 2.64. The van der Waals surface area contributed by atoms with Crippen LogP contribution in [0.2, 0.25) is 0 Å². The van der Waals surface area contributed by atoms with Crippen LogP contribution in [0.15, 0.2) is 85.5 Å². The van der Waals surface area contributed by atoms with Crippen LogP contribution in [0.25, 0.3) is 11.1 Å². The van der Waals surface area contributed by atoms with Crippen molar-refractivity contribution in [3.05, 3.63) is 91.0 Å². The summed E-state index contributed by atoms with van der Waals surface area (Å²) in [4.78, 5) is 12.1. The number of rotatable bonds is 10. The van der Waals surface area contributed by atoms with Gasteiger partial charge in [-0.3, -0.25) is 0 Å². The Labute approximate surface area is 176 Å². The van der Waals surface area contributed by atoms with Crippen molar-refractivity contribution in [2.24, 2.45) is 0 Å². The van der Waals surface area contributed by atoms with E-state index in [0.29, 0.717) is 23.7 Å². The van der Waals surface area contributed by atoms with Gasteiger partial charge in [0.25, 0.3) is 0 Å². The molecule has 0 saturated carbocycles. The minimum atomic E-state index is -0.399. The van der Waals surface area contributed by atoms with E-state index < -0.39 is 5.97 Å². The van der Waals surface area contributed by atoms with Gasteiger partial charge in [-0.15, -0.1) is 0 Å². The van der Waals surface area contributed by atoms with Crippen LogP contribution in [0, 0.1) is 0 Å². The van der Waals surface area contributed by atoms with Crippen LogP contribution in [0.1, 0.15) is 10.4 Å². The number of hydrogen-bond donors (Lipinski definition) is 0. The lowest BCUT2D eigenvalue weighted by Crippen LogP contribution is -2.12. The molecule has 0 N–H and O–H groups in total. The summed E-state index contributed by atoms with van der Waals surface area (Å²) in [6.45, 7) is 4.45. The van der Waals surface area contributed by atoms with Gasteiger partial charge in [0.1, 0.15) is 37.1 Å². The van der Waals surface area contributed by atoms with Crippen molar-refractivity contribution in [1.29, 1.82) is 0 Å². The fraction of sp³-hybridized carbons (Fsp3) is 0.160. The van der Waals surface area contributed by atoms with Gasteiger partial charge in [0.15, 0.2) is 0 Å². The van der Waals surface area contributed by atoms with E-state index in [0.717, 1.165) is 16.9 Å². The van der Waals surface area contributed by atoms with Gasteiger partial charge < -0.3 is 18.9 Å². The highest BCUT2D eigenvalue weighted by molar-refractivity contribution is 5.89. The van der Waals surface area contributed by atoms with E-state index in [4.69, 9.17) is 18.9 Å². The normalized spacial score (nSPS) is 10.2. The molecule has 0 aliphatic heterocycles. The second-order valence-electron chi connectivity index (χ2n) is 6.36. The lowest BCUT2D eigenvalue weighted by atomic mass is 10.1. The molecule has 5 nitrogen and oxygen atoms in total. The average Bonchev–Trinajstić information content (AvgIpc) is 2.81. The molecule has 30 heavy (non-hydrogen) atoms. The van der Waals surface area contributed by atoms with E-state index >= 15 is 0 Å². The number of esters is 1. The first-order valence-electron chi connectivity index (χ1n) is 9.58. The maximum atomic E-state index is 12.1. The maximum absolute atomic E-state index is 12.1. The third-order valence-electron chi connectivity index (χ3n) is 4.32. The molecule has 3 aromatic rings. The zero-order chi connectivity index (χ0) is 21.2. The molecule has 0 aliphatic carbocycles. The largest absolute Gasteiger partial charge is 0.497 e. The van der Waals surface area contributed by atoms with Crippen molar-refractivity contribution in [1.82, 2.24) is 0 Å². The van der Waals surface area contributed by atoms with Crippen LogP contribution >= 0.6 is 0 Å². The molecule has 0 fully saturated rings. The molecule has 0 atom stereocenters. The molecular formula is C25H24O5. The molecule has 3 rings (SSSR count). The average molecular weight is 404 g/mol.